The highest BCUT2D eigenvalue weighted by molar-refractivity contribution is 7.87. The van der Waals surface area contributed by atoms with E-state index in [1.54, 1.807) is 26.0 Å². The van der Waals surface area contributed by atoms with Crippen LogP contribution in [-0.4, -0.2) is 38.3 Å². The molecule has 11 heteroatoms. The maximum Gasteiger partial charge on any atom is 0.466 e. The first kappa shape index (κ1) is 28.9. The number of esters is 1. The lowest BCUT2D eigenvalue weighted by Gasteiger charge is -2.34. The average molecular weight is 547 g/mol. The second kappa shape index (κ2) is 11.0. The fourth-order valence-corrected chi connectivity index (χ4v) is 5.97. The quantitative estimate of drug-likeness (QED) is 0.207. The van der Waals surface area contributed by atoms with Crippen molar-refractivity contribution in [1.29, 1.82) is 0 Å². The Hall–Kier alpha value is -2.66. The number of rotatable bonds is 10. The molecule has 1 unspecified atom stereocenters. The smallest absolute Gasteiger partial charge is 0.455 e. The zero-order valence-corrected chi connectivity index (χ0v) is 21.6. The maximum atomic E-state index is 14.3. The van der Waals surface area contributed by atoms with Crippen molar-refractivity contribution in [3.63, 3.8) is 0 Å². The third kappa shape index (κ3) is 6.81. The lowest BCUT2D eigenvalue weighted by Crippen LogP contribution is -2.50. The van der Waals surface area contributed by atoms with E-state index < -0.39 is 57.2 Å². The summed E-state index contributed by atoms with van der Waals surface area (Å²) in [6.07, 6.45) is -4.08. The van der Waals surface area contributed by atoms with Crippen molar-refractivity contribution in [2.24, 2.45) is 5.92 Å². The van der Waals surface area contributed by atoms with E-state index in [2.05, 4.69) is 8.92 Å². The van der Waals surface area contributed by atoms with Crippen molar-refractivity contribution in [3.8, 4) is 5.75 Å². The highest BCUT2D eigenvalue weighted by atomic mass is 32.2. The van der Waals surface area contributed by atoms with Gasteiger partial charge in [0.1, 0.15) is 18.0 Å². The molecule has 204 valence electrons. The summed E-state index contributed by atoms with van der Waals surface area (Å²) in [6.45, 7) is 3.00. The normalized spacial score (nSPS) is 19.3. The molecule has 2 aromatic rings. The molecule has 0 aliphatic heterocycles. The largest absolute Gasteiger partial charge is 0.466 e. The van der Waals surface area contributed by atoms with Crippen LogP contribution in [0.5, 0.6) is 5.75 Å². The van der Waals surface area contributed by atoms with E-state index in [0.29, 0.717) is 12.8 Å². The first-order valence-corrected chi connectivity index (χ1v) is 13.3. The van der Waals surface area contributed by atoms with Gasteiger partial charge in [-0.15, -0.1) is 0 Å². The molecule has 3 rings (SSSR count). The zero-order chi connectivity index (χ0) is 27.5. The van der Waals surface area contributed by atoms with Gasteiger partial charge in [0, 0.05) is 0 Å². The number of benzene rings is 2. The van der Waals surface area contributed by atoms with Crippen LogP contribution in [0.1, 0.15) is 50.7 Å². The Balaban J connectivity index is 1.72. The summed E-state index contributed by atoms with van der Waals surface area (Å²) in [5.41, 5.74) is 0.478. The minimum atomic E-state index is -5.05. The summed E-state index contributed by atoms with van der Waals surface area (Å²) in [5, 5.41) is -1.51. The number of para-hydroxylation sites is 1. The van der Waals surface area contributed by atoms with Crippen LogP contribution in [0.15, 0.2) is 54.6 Å². The Labute approximate surface area is 214 Å². The summed E-state index contributed by atoms with van der Waals surface area (Å²) >= 11 is 0. The van der Waals surface area contributed by atoms with Crippen LogP contribution in [0.2, 0.25) is 0 Å². The Bertz CT molecular complexity index is 1180. The molecular formula is C26H30F4O6S. The third-order valence-electron chi connectivity index (χ3n) is 6.35. The first-order valence-electron chi connectivity index (χ1n) is 11.8. The highest BCUT2D eigenvalue weighted by Crippen LogP contribution is 2.39. The highest BCUT2D eigenvalue weighted by Gasteiger charge is 2.61. The van der Waals surface area contributed by atoms with Gasteiger partial charge in [-0.3, -0.25) is 8.98 Å². The fraction of sp³-hybridized carbons (Fsp3) is 0.500. The molecule has 1 saturated carbocycles. The Morgan fingerprint density at radius 2 is 1.54 bits per heavy atom. The number of aryl methyl sites for hydroxylation is 1. The maximum absolute atomic E-state index is 14.3. The summed E-state index contributed by atoms with van der Waals surface area (Å²) in [7, 11) is -4.84. The van der Waals surface area contributed by atoms with E-state index in [-0.39, 0.29) is 12.8 Å². The molecule has 0 radical (unpaired) electrons. The molecule has 1 aliphatic carbocycles. The number of ether oxygens (including phenoxy) is 2. The molecule has 0 amide bonds. The number of alkyl halides is 4. The molecule has 6 nitrogen and oxygen atoms in total. The first-order chi connectivity index (χ1) is 17.2. The van der Waals surface area contributed by atoms with Crippen LogP contribution >= 0.6 is 0 Å². The van der Waals surface area contributed by atoms with Crippen LogP contribution in [-0.2, 0) is 29.4 Å². The molecule has 0 heterocycles. The molecule has 37 heavy (non-hydrogen) atoms. The Morgan fingerprint density at radius 1 is 0.946 bits per heavy atom. The SMILES string of the molecule is Cc1ccccc1C(C)(C)OC(=O)[C@@H]1CCCCC1S(=O)(=O)OCC(F)(F)C(F)(F)Oc1ccccc1. The average Bonchev–Trinajstić information content (AvgIpc) is 2.83. The lowest BCUT2D eigenvalue weighted by molar-refractivity contribution is -0.315. The van der Waals surface area contributed by atoms with Gasteiger partial charge in [0.25, 0.3) is 10.1 Å². The van der Waals surface area contributed by atoms with Crippen molar-refractivity contribution >= 4 is 16.1 Å². The van der Waals surface area contributed by atoms with Crippen LogP contribution < -0.4 is 4.74 Å². The van der Waals surface area contributed by atoms with Crippen molar-refractivity contribution in [2.45, 2.75) is 69.3 Å². The van der Waals surface area contributed by atoms with E-state index in [0.717, 1.165) is 23.3 Å². The van der Waals surface area contributed by atoms with E-state index in [1.165, 1.54) is 18.2 Å². The standard InChI is InChI=1S/C26H30F4O6S/c1-18-11-7-9-15-21(18)24(2,3)36-23(31)20-14-8-10-16-22(20)37(32,33)34-17-25(27,28)26(29,30)35-19-12-5-4-6-13-19/h4-7,9,11-13,15,20,22H,8,10,14,16-17H2,1-3H3/t20-,22?/m1/s1. The Kier molecular flexibility index (Phi) is 8.58. The van der Waals surface area contributed by atoms with Gasteiger partial charge >= 0.3 is 18.0 Å². The molecule has 2 aromatic carbocycles. The van der Waals surface area contributed by atoms with E-state index in [1.807, 2.05) is 19.1 Å². The van der Waals surface area contributed by atoms with E-state index in [9.17, 15) is 30.8 Å². The van der Waals surface area contributed by atoms with Gasteiger partial charge in [-0.2, -0.15) is 26.0 Å². The van der Waals surface area contributed by atoms with Gasteiger partial charge in [0.05, 0.1) is 11.2 Å². The molecule has 0 aromatic heterocycles. The predicted octanol–water partition coefficient (Wildman–Crippen LogP) is 5.99. The third-order valence-corrected chi connectivity index (χ3v) is 8.10. The summed E-state index contributed by atoms with van der Waals surface area (Å²) in [4.78, 5) is 13.1. The number of hydrogen-bond acceptors (Lipinski definition) is 6. The Morgan fingerprint density at radius 3 is 2.19 bits per heavy atom. The predicted molar refractivity (Wildman–Crippen MR) is 128 cm³/mol. The van der Waals surface area contributed by atoms with Crippen molar-refractivity contribution in [1.82, 2.24) is 0 Å². The number of carbonyl (C=O) groups is 1. The van der Waals surface area contributed by atoms with Crippen LogP contribution in [0, 0.1) is 12.8 Å². The van der Waals surface area contributed by atoms with Gasteiger partial charge in [-0.25, -0.2) is 0 Å². The van der Waals surface area contributed by atoms with Crippen molar-refractivity contribution in [3.05, 3.63) is 65.7 Å². The number of halogens is 4. The van der Waals surface area contributed by atoms with E-state index in [4.69, 9.17) is 4.74 Å². The second-order valence-corrected chi connectivity index (χ2v) is 11.4. The summed E-state index contributed by atoms with van der Waals surface area (Å²) in [5.74, 6) is -7.53. The number of carbonyl (C=O) groups excluding carboxylic acids is 1. The van der Waals surface area contributed by atoms with E-state index >= 15 is 0 Å². The molecule has 0 N–H and O–H groups in total. The molecule has 0 saturated heterocycles. The second-order valence-electron chi connectivity index (χ2n) is 9.57. The van der Waals surface area contributed by atoms with Gasteiger partial charge in [-0.05, 0) is 56.9 Å². The number of hydrogen-bond donors (Lipinski definition) is 0. The molecule has 0 bridgehead atoms. The van der Waals surface area contributed by atoms with Gasteiger partial charge in [0.15, 0.2) is 0 Å². The topological polar surface area (TPSA) is 78.9 Å². The lowest BCUT2D eigenvalue weighted by atomic mass is 9.88. The minimum Gasteiger partial charge on any atom is -0.455 e. The van der Waals surface area contributed by atoms with Crippen LogP contribution in [0.4, 0.5) is 17.6 Å². The molecule has 2 atom stereocenters. The monoisotopic (exact) mass is 546 g/mol. The van der Waals surface area contributed by atoms with Crippen molar-refractivity contribution in [2.75, 3.05) is 6.61 Å². The van der Waals surface area contributed by atoms with Gasteiger partial charge < -0.3 is 9.47 Å². The summed E-state index contributed by atoms with van der Waals surface area (Å²) in [6, 6.07) is 13.4. The summed E-state index contributed by atoms with van der Waals surface area (Å²) < 4.78 is 97.0. The van der Waals surface area contributed by atoms with Gasteiger partial charge in [0.2, 0.25) is 0 Å². The fourth-order valence-electron chi connectivity index (χ4n) is 4.38. The molecule has 0 spiro atoms. The van der Waals surface area contributed by atoms with Gasteiger partial charge in [-0.1, -0.05) is 55.3 Å². The minimum absolute atomic E-state index is 0.0601. The van der Waals surface area contributed by atoms with Crippen molar-refractivity contribution < 1.29 is 44.4 Å². The molecule has 1 fully saturated rings. The van der Waals surface area contributed by atoms with Crippen LogP contribution in [0.25, 0.3) is 0 Å². The molecule has 1 aliphatic rings. The zero-order valence-electron chi connectivity index (χ0n) is 20.8. The van der Waals surface area contributed by atoms with Crippen LogP contribution in [0.3, 0.4) is 0 Å². The molecular weight excluding hydrogens is 516 g/mol.